The van der Waals surface area contributed by atoms with E-state index in [2.05, 4.69) is 20.8 Å². The highest BCUT2D eigenvalue weighted by atomic mass is 16.3. The Kier molecular flexibility index (Phi) is 2.50. The fourth-order valence-electron chi connectivity index (χ4n) is 1.29. The summed E-state index contributed by atoms with van der Waals surface area (Å²) in [7, 11) is 0. The molecule has 0 atom stereocenters. The Balaban J connectivity index is 2.86. The van der Waals surface area contributed by atoms with Crippen LogP contribution in [0.15, 0.2) is 18.2 Å². The summed E-state index contributed by atoms with van der Waals surface area (Å²) >= 11 is 0. The number of aromatic hydroxyl groups is 2. The molecule has 0 heterocycles. The van der Waals surface area contributed by atoms with Gasteiger partial charge < -0.3 is 10.2 Å². The molecule has 0 bridgehead atoms. The first-order valence-corrected chi connectivity index (χ1v) is 4.39. The Morgan fingerprint density at radius 2 is 1.69 bits per heavy atom. The summed E-state index contributed by atoms with van der Waals surface area (Å²) in [4.78, 5) is 0. The van der Waals surface area contributed by atoms with E-state index < -0.39 is 0 Å². The van der Waals surface area contributed by atoms with Crippen LogP contribution in [0, 0.1) is 5.41 Å². The van der Waals surface area contributed by atoms with Gasteiger partial charge in [-0.1, -0.05) is 26.8 Å². The lowest BCUT2D eigenvalue weighted by Crippen LogP contribution is -2.08. The molecule has 1 aromatic carbocycles. The molecule has 0 radical (unpaired) electrons. The molecule has 0 unspecified atom stereocenters. The summed E-state index contributed by atoms with van der Waals surface area (Å²) in [6, 6.07) is 4.97. The third-order valence-corrected chi connectivity index (χ3v) is 1.77. The Hall–Kier alpha value is -1.18. The molecule has 0 aliphatic rings. The third-order valence-electron chi connectivity index (χ3n) is 1.77. The summed E-state index contributed by atoms with van der Waals surface area (Å²) in [6.07, 6.45) is 0.890. The van der Waals surface area contributed by atoms with E-state index in [1.165, 1.54) is 6.07 Å². The van der Waals surface area contributed by atoms with Crippen molar-refractivity contribution in [3.63, 3.8) is 0 Å². The van der Waals surface area contributed by atoms with E-state index >= 15 is 0 Å². The van der Waals surface area contributed by atoms with Crippen molar-refractivity contribution in [2.75, 3.05) is 0 Å². The third kappa shape index (κ3) is 2.98. The van der Waals surface area contributed by atoms with Gasteiger partial charge in [0.05, 0.1) is 0 Å². The summed E-state index contributed by atoms with van der Waals surface area (Å²) in [6.45, 7) is 6.41. The number of phenolic OH excluding ortho intramolecular Hbond substituents is 2. The second kappa shape index (κ2) is 3.29. The van der Waals surface area contributed by atoms with Gasteiger partial charge in [0, 0.05) is 0 Å². The maximum absolute atomic E-state index is 9.25. The molecular weight excluding hydrogens is 164 g/mol. The van der Waals surface area contributed by atoms with Crippen molar-refractivity contribution in [1.29, 1.82) is 0 Å². The molecule has 0 amide bonds. The largest absolute Gasteiger partial charge is 0.504 e. The maximum Gasteiger partial charge on any atom is 0.157 e. The van der Waals surface area contributed by atoms with Crippen molar-refractivity contribution in [1.82, 2.24) is 0 Å². The molecule has 0 spiro atoms. The van der Waals surface area contributed by atoms with E-state index in [1.54, 1.807) is 6.07 Å². The van der Waals surface area contributed by atoms with E-state index in [9.17, 15) is 5.11 Å². The van der Waals surface area contributed by atoms with Crippen molar-refractivity contribution < 1.29 is 10.2 Å². The average molecular weight is 180 g/mol. The quantitative estimate of drug-likeness (QED) is 0.652. The summed E-state index contributed by atoms with van der Waals surface area (Å²) in [5.41, 5.74) is 1.24. The molecule has 1 aromatic rings. The van der Waals surface area contributed by atoms with Gasteiger partial charge in [0.25, 0.3) is 0 Å². The van der Waals surface area contributed by atoms with Crippen LogP contribution in [0.4, 0.5) is 0 Å². The van der Waals surface area contributed by atoms with Gasteiger partial charge in [-0.3, -0.25) is 0 Å². The van der Waals surface area contributed by atoms with Crippen molar-refractivity contribution in [2.45, 2.75) is 27.2 Å². The molecular formula is C11H16O2. The predicted molar refractivity (Wildman–Crippen MR) is 52.9 cm³/mol. The van der Waals surface area contributed by atoms with Gasteiger partial charge >= 0.3 is 0 Å². The fraction of sp³-hybridized carbons (Fsp3) is 0.455. The topological polar surface area (TPSA) is 40.5 Å². The lowest BCUT2D eigenvalue weighted by Gasteiger charge is -2.18. The zero-order valence-electron chi connectivity index (χ0n) is 8.33. The van der Waals surface area contributed by atoms with Gasteiger partial charge in [-0.2, -0.15) is 0 Å². The number of benzene rings is 1. The SMILES string of the molecule is CC(C)(C)Cc1ccc(O)c(O)c1. The smallest absolute Gasteiger partial charge is 0.157 e. The van der Waals surface area contributed by atoms with Crippen molar-refractivity contribution >= 4 is 0 Å². The van der Waals surface area contributed by atoms with Crippen molar-refractivity contribution in [3.05, 3.63) is 23.8 Å². The molecule has 0 aliphatic carbocycles. The molecule has 0 fully saturated rings. The van der Waals surface area contributed by atoms with E-state index in [0.717, 1.165) is 12.0 Å². The zero-order valence-corrected chi connectivity index (χ0v) is 8.33. The molecule has 0 aliphatic heterocycles. The van der Waals surface area contributed by atoms with Crippen LogP contribution in [0.25, 0.3) is 0 Å². The van der Waals surface area contributed by atoms with Crippen LogP contribution in [-0.4, -0.2) is 10.2 Å². The average Bonchev–Trinajstić information content (AvgIpc) is 1.94. The highest BCUT2D eigenvalue weighted by Gasteiger charge is 2.12. The minimum atomic E-state index is -0.0577. The van der Waals surface area contributed by atoms with Crippen LogP contribution in [0.2, 0.25) is 0 Å². The lowest BCUT2D eigenvalue weighted by atomic mass is 9.88. The monoisotopic (exact) mass is 180 g/mol. The highest BCUT2D eigenvalue weighted by molar-refractivity contribution is 5.40. The molecule has 0 saturated carbocycles. The van der Waals surface area contributed by atoms with Crippen LogP contribution < -0.4 is 0 Å². The highest BCUT2D eigenvalue weighted by Crippen LogP contribution is 2.28. The second-order valence-corrected chi connectivity index (χ2v) is 4.56. The summed E-state index contributed by atoms with van der Waals surface area (Å²) < 4.78 is 0. The van der Waals surface area contributed by atoms with Gasteiger partial charge in [-0.25, -0.2) is 0 Å². The standard InChI is InChI=1S/C11H16O2/c1-11(2,3)7-8-4-5-9(12)10(13)6-8/h4-6,12-13H,7H2,1-3H3. The molecule has 0 aromatic heterocycles. The summed E-state index contributed by atoms with van der Waals surface area (Å²) in [5.74, 6) is -0.0978. The van der Waals surface area contributed by atoms with Crippen LogP contribution >= 0.6 is 0 Å². The number of hydrogen-bond donors (Lipinski definition) is 2. The Morgan fingerprint density at radius 1 is 1.08 bits per heavy atom. The van der Waals surface area contributed by atoms with Gasteiger partial charge in [-0.15, -0.1) is 0 Å². The summed E-state index contributed by atoms with van der Waals surface area (Å²) in [5, 5.41) is 18.3. The van der Waals surface area contributed by atoms with Crippen LogP contribution in [0.1, 0.15) is 26.3 Å². The zero-order chi connectivity index (χ0) is 10.1. The first kappa shape index (κ1) is 9.90. The maximum atomic E-state index is 9.25. The first-order chi connectivity index (χ1) is 5.88. The van der Waals surface area contributed by atoms with E-state index in [1.807, 2.05) is 6.07 Å². The minimum Gasteiger partial charge on any atom is -0.504 e. The molecule has 72 valence electrons. The molecule has 13 heavy (non-hydrogen) atoms. The molecule has 1 rings (SSSR count). The van der Waals surface area contributed by atoms with E-state index in [-0.39, 0.29) is 16.9 Å². The van der Waals surface area contributed by atoms with Crippen LogP contribution in [0.5, 0.6) is 11.5 Å². The number of phenols is 2. The van der Waals surface area contributed by atoms with Crippen LogP contribution in [0.3, 0.4) is 0 Å². The number of rotatable bonds is 1. The Labute approximate surface area is 78.8 Å². The van der Waals surface area contributed by atoms with Gasteiger partial charge in [0.2, 0.25) is 0 Å². The molecule has 2 N–H and O–H groups in total. The first-order valence-electron chi connectivity index (χ1n) is 4.39. The van der Waals surface area contributed by atoms with E-state index in [4.69, 9.17) is 5.11 Å². The number of hydrogen-bond acceptors (Lipinski definition) is 2. The van der Waals surface area contributed by atoms with E-state index in [0.29, 0.717) is 0 Å². The predicted octanol–water partition coefficient (Wildman–Crippen LogP) is 2.69. The van der Waals surface area contributed by atoms with Gasteiger partial charge in [0.1, 0.15) is 0 Å². The fourth-order valence-corrected chi connectivity index (χ4v) is 1.29. The Morgan fingerprint density at radius 3 is 2.15 bits per heavy atom. The van der Waals surface area contributed by atoms with Gasteiger partial charge in [-0.05, 0) is 29.5 Å². The second-order valence-electron chi connectivity index (χ2n) is 4.56. The van der Waals surface area contributed by atoms with Crippen molar-refractivity contribution in [3.8, 4) is 11.5 Å². The van der Waals surface area contributed by atoms with Gasteiger partial charge in [0.15, 0.2) is 11.5 Å². The molecule has 2 heteroatoms. The minimum absolute atomic E-state index is 0.0400. The molecule has 0 saturated heterocycles. The molecule has 2 nitrogen and oxygen atoms in total. The normalized spacial score (nSPS) is 11.6. The Bertz CT molecular complexity index is 297. The lowest BCUT2D eigenvalue weighted by molar-refractivity contribution is 0.394. The van der Waals surface area contributed by atoms with Crippen LogP contribution in [-0.2, 0) is 6.42 Å². The van der Waals surface area contributed by atoms with Crippen molar-refractivity contribution in [2.24, 2.45) is 5.41 Å².